The molecule has 1 saturated heterocycles. The summed E-state index contributed by atoms with van der Waals surface area (Å²) in [5.41, 5.74) is 2.77. The molecule has 45 heavy (non-hydrogen) atoms. The molecule has 1 fully saturated rings. The normalized spacial score (nSPS) is 14.2. The van der Waals surface area contributed by atoms with Crippen molar-refractivity contribution >= 4 is 29.4 Å². The van der Waals surface area contributed by atoms with Gasteiger partial charge >= 0.3 is 6.09 Å². The first kappa shape index (κ1) is 30.6. The zero-order valence-corrected chi connectivity index (χ0v) is 24.4. The molecule has 0 radical (unpaired) electrons. The minimum atomic E-state index is -1.16. The van der Waals surface area contributed by atoms with E-state index in [4.69, 9.17) is 19.2 Å². The molecular formula is C33H32N6O6. The van der Waals surface area contributed by atoms with E-state index in [-0.39, 0.29) is 36.1 Å². The Kier molecular flexibility index (Phi) is 9.91. The van der Waals surface area contributed by atoms with Crippen LogP contribution in [0, 0.1) is 17.2 Å². The van der Waals surface area contributed by atoms with E-state index in [1.807, 2.05) is 59.5 Å². The maximum absolute atomic E-state index is 13.0. The van der Waals surface area contributed by atoms with E-state index in [1.54, 1.807) is 12.1 Å². The Balaban J connectivity index is 1.48. The van der Waals surface area contributed by atoms with E-state index in [0.29, 0.717) is 55.2 Å². The number of benzene rings is 2. The minimum Gasteiger partial charge on any atom is -0.488 e. The number of pyridine rings is 1. The largest absolute Gasteiger partial charge is 0.488 e. The number of carboxylic acid groups (broad SMARTS) is 1. The number of hydrogen-bond donors (Lipinski definition) is 4. The summed E-state index contributed by atoms with van der Waals surface area (Å²) in [4.78, 5) is 43.4. The fourth-order valence-electron chi connectivity index (χ4n) is 5.15. The van der Waals surface area contributed by atoms with Gasteiger partial charge in [-0.3, -0.25) is 9.59 Å². The van der Waals surface area contributed by atoms with Crippen LogP contribution in [0.2, 0.25) is 0 Å². The molecule has 1 aliphatic heterocycles. The van der Waals surface area contributed by atoms with Crippen molar-refractivity contribution in [2.75, 3.05) is 36.4 Å². The van der Waals surface area contributed by atoms with Crippen LogP contribution in [0.4, 0.5) is 16.3 Å². The number of aromatic nitrogens is 1. The molecule has 3 heterocycles. The first-order chi connectivity index (χ1) is 21.9. The molecular weight excluding hydrogens is 576 g/mol. The fourth-order valence-corrected chi connectivity index (χ4v) is 5.15. The molecule has 0 aliphatic carbocycles. The molecule has 12 nitrogen and oxygen atoms in total. The number of carbonyl (C=O) groups is 3. The molecule has 230 valence electrons. The molecule has 12 heteroatoms. The summed E-state index contributed by atoms with van der Waals surface area (Å²) >= 11 is 0. The Labute approximate surface area is 259 Å². The third-order valence-electron chi connectivity index (χ3n) is 7.32. The Morgan fingerprint density at radius 3 is 2.58 bits per heavy atom. The summed E-state index contributed by atoms with van der Waals surface area (Å²) in [6, 6.07) is 24.2. The van der Waals surface area contributed by atoms with E-state index in [1.165, 1.54) is 12.3 Å². The van der Waals surface area contributed by atoms with Crippen molar-refractivity contribution in [1.29, 1.82) is 5.26 Å². The Hall–Kier alpha value is -5.83. The molecule has 0 bridgehead atoms. The Morgan fingerprint density at radius 2 is 1.82 bits per heavy atom. The lowest BCUT2D eigenvalue weighted by Crippen LogP contribution is -2.45. The zero-order chi connectivity index (χ0) is 31.6. The van der Waals surface area contributed by atoms with Crippen molar-refractivity contribution < 1.29 is 28.6 Å². The SMILES string of the molecule is N#Cc1c(N2CCCC(C(=O)NCCNC(=O)O)C2)cc(-c2ccccc2OCc2ccccc2)nc1NC(=O)c1ccco1. The number of rotatable bonds is 11. The van der Waals surface area contributed by atoms with Gasteiger partial charge in [0.25, 0.3) is 5.91 Å². The second-order valence-corrected chi connectivity index (χ2v) is 10.4. The Bertz CT molecular complexity index is 1690. The summed E-state index contributed by atoms with van der Waals surface area (Å²) < 4.78 is 11.4. The van der Waals surface area contributed by atoms with Crippen molar-refractivity contribution in [2.24, 2.45) is 5.92 Å². The highest BCUT2D eigenvalue weighted by atomic mass is 16.5. The summed E-state index contributed by atoms with van der Waals surface area (Å²) in [6.45, 7) is 1.46. The maximum Gasteiger partial charge on any atom is 0.404 e. The molecule has 4 N–H and O–H groups in total. The van der Waals surface area contributed by atoms with Gasteiger partial charge in [-0.25, -0.2) is 9.78 Å². The zero-order valence-electron chi connectivity index (χ0n) is 24.4. The number of nitriles is 1. The highest BCUT2D eigenvalue weighted by molar-refractivity contribution is 6.03. The highest BCUT2D eigenvalue weighted by Crippen LogP contribution is 2.37. The molecule has 0 saturated carbocycles. The van der Waals surface area contributed by atoms with Crippen molar-refractivity contribution in [3.63, 3.8) is 0 Å². The second-order valence-electron chi connectivity index (χ2n) is 10.4. The van der Waals surface area contributed by atoms with Crippen molar-refractivity contribution in [1.82, 2.24) is 15.6 Å². The molecule has 4 aromatic rings. The van der Waals surface area contributed by atoms with Crippen molar-refractivity contribution in [2.45, 2.75) is 19.4 Å². The Morgan fingerprint density at radius 1 is 1.04 bits per heavy atom. The monoisotopic (exact) mass is 608 g/mol. The van der Waals surface area contributed by atoms with E-state index in [0.717, 1.165) is 5.56 Å². The topological polar surface area (TPSA) is 170 Å². The molecule has 2 aromatic carbocycles. The predicted octanol–water partition coefficient (Wildman–Crippen LogP) is 4.64. The number of anilines is 2. The van der Waals surface area contributed by atoms with Gasteiger partial charge in [-0.15, -0.1) is 0 Å². The van der Waals surface area contributed by atoms with Crippen LogP contribution in [0.5, 0.6) is 5.75 Å². The summed E-state index contributed by atoms with van der Waals surface area (Å²) in [7, 11) is 0. The summed E-state index contributed by atoms with van der Waals surface area (Å²) in [5, 5.41) is 26.8. The first-order valence-electron chi connectivity index (χ1n) is 14.5. The van der Waals surface area contributed by atoms with Gasteiger partial charge < -0.3 is 35.1 Å². The molecule has 3 amide bonds. The van der Waals surface area contributed by atoms with Gasteiger partial charge in [0, 0.05) is 31.7 Å². The van der Waals surface area contributed by atoms with Crippen LogP contribution in [-0.4, -0.2) is 54.2 Å². The average Bonchev–Trinajstić information content (AvgIpc) is 3.61. The van der Waals surface area contributed by atoms with Crippen LogP contribution in [0.25, 0.3) is 11.3 Å². The van der Waals surface area contributed by atoms with Gasteiger partial charge in [0.05, 0.1) is 23.6 Å². The number of hydrogen-bond acceptors (Lipinski definition) is 8. The second kappa shape index (κ2) is 14.6. The summed E-state index contributed by atoms with van der Waals surface area (Å²) in [5.74, 6) is -0.479. The van der Waals surface area contributed by atoms with Gasteiger partial charge in [0.15, 0.2) is 11.6 Å². The minimum absolute atomic E-state index is 0.0515. The molecule has 0 spiro atoms. The predicted molar refractivity (Wildman–Crippen MR) is 166 cm³/mol. The van der Waals surface area contributed by atoms with Gasteiger partial charge in [0.2, 0.25) is 5.91 Å². The molecule has 1 aliphatic rings. The molecule has 1 atom stereocenters. The number of para-hydroxylation sites is 1. The van der Waals surface area contributed by atoms with Crippen LogP contribution in [0.1, 0.15) is 34.5 Å². The lowest BCUT2D eigenvalue weighted by molar-refractivity contribution is -0.125. The lowest BCUT2D eigenvalue weighted by Gasteiger charge is -2.34. The van der Waals surface area contributed by atoms with Crippen LogP contribution < -0.4 is 25.6 Å². The number of nitrogens with one attached hydrogen (secondary N) is 3. The number of furan rings is 1. The number of piperidine rings is 1. The van der Waals surface area contributed by atoms with Gasteiger partial charge in [-0.1, -0.05) is 42.5 Å². The first-order valence-corrected chi connectivity index (χ1v) is 14.5. The van der Waals surface area contributed by atoms with E-state index < -0.39 is 17.9 Å². The third kappa shape index (κ3) is 7.77. The van der Waals surface area contributed by atoms with Crippen LogP contribution in [-0.2, 0) is 11.4 Å². The van der Waals surface area contributed by atoms with Gasteiger partial charge in [-0.05, 0) is 48.7 Å². The fraction of sp³-hybridized carbons (Fsp3) is 0.242. The number of ether oxygens (including phenoxy) is 1. The molecule has 5 rings (SSSR count). The van der Waals surface area contributed by atoms with Crippen molar-refractivity contribution in [3.05, 3.63) is 95.9 Å². The molecule has 1 unspecified atom stereocenters. The van der Waals surface area contributed by atoms with E-state index in [9.17, 15) is 19.6 Å². The molecule has 2 aromatic heterocycles. The van der Waals surface area contributed by atoms with E-state index in [2.05, 4.69) is 22.0 Å². The number of nitrogens with zero attached hydrogens (tertiary/aromatic N) is 3. The number of amides is 3. The van der Waals surface area contributed by atoms with E-state index >= 15 is 0 Å². The van der Waals surface area contributed by atoms with Crippen molar-refractivity contribution in [3.8, 4) is 23.1 Å². The maximum atomic E-state index is 13.0. The lowest BCUT2D eigenvalue weighted by atomic mass is 9.95. The third-order valence-corrected chi connectivity index (χ3v) is 7.32. The van der Waals surface area contributed by atoms with Gasteiger partial charge in [0.1, 0.15) is 24.0 Å². The van der Waals surface area contributed by atoms with Crippen LogP contribution in [0.3, 0.4) is 0 Å². The standard InChI is InChI=1S/C33H32N6O6/c34-19-25-27(39-16-6-10-23(20-39)31(40)35-14-15-36-33(42)43)18-26(37-30(25)38-32(41)29-13-7-17-44-29)24-11-4-5-12-28(24)45-21-22-8-2-1-3-9-22/h1-5,7-9,11-13,17-18,23,36H,6,10,14-16,20-21H2,(H,35,40)(H,42,43)(H,37,38,41). The van der Waals surface area contributed by atoms with Crippen LogP contribution >= 0.6 is 0 Å². The quantitative estimate of drug-likeness (QED) is 0.177. The smallest absolute Gasteiger partial charge is 0.404 e. The van der Waals surface area contributed by atoms with Crippen LogP contribution in [0.15, 0.2) is 83.5 Å². The summed E-state index contributed by atoms with van der Waals surface area (Å²) in [6.07, 6.45) is 1.53. The average molecular weight is 609 g/mol. The highest BCUT2D eigenvalue weighted by Gasteiger charge is 2.29. The van der Waals surface area contributed by atoms with Gasteiger partial charge in [-0.2, -0.15) is 5.26 Å². The number of carbonyl (C=O) groups excluding carboxylic acids is 2.